The highest BCUT2D eigenvalue weighted by atomic mass is 16.5. The van der Waals surface area contributed by atoms with E-state index in [9.17, 15) is 4.79 Å². The Bertz CT molecular complexity index is 473. The Balaban J connectivity index is 1.61. The molecule has 1 aromatic rings. The summed E-state index contributed by atoms with van der Waals surface area (Å²) in [6, 6.07) is 0.415. The summed E-state index contributed by atoms with van der Waals surface area (Å²) in [5.41, 5.74) is 0.947. The van der Waals surface area contributed by atoms with Crippen LogP contribution in [0.1, 0.15) is 25.3 Å². The first-order chi connectivity index (χ1) is 9.78. The van der Waals surface area contributed by atoms with Crippen molar-refractivity contribution in [2.24, 2.45) is 0 Å². The van der Waals surface area contributed by atoms with Gasteiger partial charge in [-0.15, -0.1) is 0 Å². The van der Waals surface area contributed by atoms with Crippen LogP contribution in [0.15, 0.2) is 12.4 Å². The number of carbonyl (C=O) groups excluding carboxylic acids is 1. The van der Waals surface area contributed by atoms with Crippen LogP contribution in [-0.4, -0.2) is 60.5 Å². The molecule has 0 bridgehead atoms. The molecule has 1 unspecified atom stereocenters. The first kappa shape index (κ1) is 13.6. The molecule has 110 valence electrons. The van der Waals surface area contributed by atoms with Crippen molar-refractivity contribution in [1.82, 2.24) is 14.7 Å². The third-order valence-electron chi connectivity index (χ3n) is 4.21. The topological polar surface area (TPSA) is 50.6 Å². The maximum Gasteiger partial charge on any atom is 0.227 e. The van der Waals surface area contributed by atoms with E-state index in [0.29, 0.717) is 12.5 Å². The molecule has 0 aromatic carbocycles. The van der Waals surface area contributed by atoms with Crippen LogP contribution in [-0.2, 0) is 9.53 Å². The lowest BCUT2D eigenvalue weighted by Crippen LogP contribution is -2.25. The summed E-state index contributed by atoms with van der Waals surface area (Å²) in [4.78, 5) is 16.0. The molecule has 6 heteroatoms. The van der Waals surface area contributed by atoms with Crippen molar-refractivity contribution in [1.29, 1.82) is 0 Å². The first-order valence-corrected chi connectivity index (χ1v) is 7.34. The van der Waals surface area contributed by atoms with E-state index < -0.39 is 0 Å². The minimum Gasteiger partial charge on any atom is -0.383 e. The summed E-state index contributed by atoms with van der Waals surface area (Å²) < 4.78 is 7.14. The average Bonchev–Trinajstić information content (AvgIpc) is 3.15. The monoisotopic (exact) mass is 278 g/mol. The highest BCUT2D eigenvalue weighted by molar-refractivity contribution is 5.95. The van der Waals surface area contributed by atoms with Crippen LogP contribution < -0.4 is 4.90 Å². The molecule has 2 aliphatic rings. The number of likely N-dealkylation sites (tertiary alicyclic amines) is 1. The van der Waals surface area contributed by atoms with Crippen LogP contribution in [0.5, 0.6) is 0 Å². The minimum absolute atomic E-state index is 0.220. The molecule has 6 nitrogen and oxygen atoms in total. The van der Waals surface area contributed by atoms with Crippen LogP contribution in [0, 0.1) is 0 Å². The van der Waals surface area contributed by atoms with Crippen molar-refractivity contribution < 1.29 is 9.53 Å². The number of rotatable bonds is 5. The van der Waals surface area contributed by atoms with Crippen molar-refractivity contribution in [3.8, 4) is 0 Å². The van der Waals surface area contributed by atoms with Gasteiger partial charge in [0.05, 0.1) is 24.5 Å². The third kappa shape index (κ3) is 2.71. The maximum absolute atomic E-state index is 11.7. The van der Waals surface area contributed by atoms with E-state index in [-0.39, 0.29) is 5.91 Å². The summed E-state index contributed by atoms with van der Waals surface area (Å²) in [6.45, 7) is 4.69. The fourth-order valence-corrected chi connectivity index (χ4v) is 3.04. The Morgan fingerprint density at radius 1 is 1.45 bits per heavy atom. The van der Waals surface area contributed by atoms with Gasteiger partial charge in [0.2, 0.25) is 5.91 Å². The molecule has 2 saturated heterocycles. The number of ether oxygens (including phenoxy) is 1. The second kappa shape index (κ2) is 5.93. The van der Waals surface area contributed by atoms with Gasteiger partial charge in [-0.05, 0) is 12.8 Å². The molecule has 0 spiro atoms. The molecule has 1 amide bonds. The number of anilines is 1. The molecule has 3 heterocycles. The van der Waals surface area contributed by atoms with Crippen LogP contribution >= 0.6 is 0 Å². The number of aromatic nitrogens is 2. The maximum atomic E-state index is 11.7. The quantitative estimate of drug-likeness (QED) is 0.803. The fraction of sp³-hybridized carbons (Fsp3) is 0.714. The highest BCUT2D eigenvalue weighted by Gasteiger charge is 2.27. The lowest BCUT2D eigenvalue weighted by atomic mass is 10.3. The lowest BCUT2D eigenvalue weighted by molar-refractivity contribution is -0.117. The van der Waals surface area contributed by atoms with E-state index in [1.54, 1.807) is 7.11 Å². The predicted molar refractivity (Wildman–Crippen MR) is 75.8 cm³/mol. The zero-order valence-electron chi connectivity index (χ0n) is 12.0. The molecule has 1 aromatic heterocycles. The number of carbonyl (C=O) groups is 1. The Labute approximate surface area is 119 Å². The van der Waals surface area contributed by atoms with Crippen molar-refractivity contribution in [3.63, 3.8) is 0 Å². The summed E-state index contributed by atoms with van der Waals surface area (Å²) in [7, 11) is 1.74. The zero-order chi connectivity index (χ0) is 13.9. The van der Waals surface area contributed by atoms with Crippen molar-refractivity contribution in [2.75, 3.05) is 44.8 Å². The first-order valence-electron chi connectivity index (χ1n) is 7.34. The molecule has 20 heavy (non-hydrogen) atoms. The zero-order valence-corrected chi connectivity index (χ0v) is 12.0. The van der Waals surface area contributed by atoms with Crippen LogP contribution in [0.3, 0.4) is 0 Å². The van der Waals surface area contributed by atoms with E-state index >= 15 is 0 Å². The van der Waals surface area contributed by atoms with Gasteiger partial charge in [-0.25, -0.2) is 0 Å². The summed E-state index contributed by atoms with van der Waals surface area (Å²) in [5, 5.41) is 4.46. The van der Waals surface area contributed by atoms with Crippen LogP contribution in [0.25, 0.3) is 0 Å². The standard InChI is InChI=1S/C14H22N4O2/c1-20-8-7-16-6-4-12(10-16)18-11-13(9-15-18)17-5-2-3-14(17)19/h9,11-12H,2-8,10H2,1H3. The fourth-order valence-electron chi connectivity index (χ4n) is 3.04. The van der Waals surface area contributed by atoms with Crippen molar-refractivity contribution in [2.45, 2.75) is 25.3 Å². The molecule has 0 aliphatic carbocycles. The van der Waals surface area contributed by atoms with E-state index in [0.717, 1.165) is 51.3 Å². The average molecular weight is 278 g/mol. The minimum atomic E-state index is 0.220. The van der Waals surface area contributed by atoms with Crippen LogP contribution in [0.4, 0.5) is 5.69 Å². The summed E-state index contributed by atoms with van der Waals surface area (Å²) in [6.07, 6.45) is 6.57. The van der Waals surface area contributed by atoms with Crippen molar-refractivity contribution in [3.05, 3.63) is 12.4 Å². The molecule has 0 N–H and O–H groups in total. The smallest absolute Gasteiger partial charge is 0.227 e. The predicted octanol–water partition coefficient (Wildman–Crippen LogP) is 0.903. The molecule has 0 saturated carbocycles. The molecular weight excluding hydrogens is 256 g/mol. The SMILES string of the molecule is COCCN1CCC(n2cc(N3CCCC3=O)cn2)C1. The van der Waals surface area contributed by atoms with Crippen molar-refractivity contribution >= 4 is 11.6 Å². The van der Waals surface area contributed by atoms with Gasteiger partial charge >= 0.3 is 0 Å². The Morgan fingerprint density at radius 3 is 3.10 bits per heavy atom. The number of methoxy groups -OCH3 is 1. The van der Waals surface area contributed by atoms with Gasteiger partial charge in [0, 0.05) is 45.9 Å². The summed E-state index contributed by atoms with van der Waals surface area (Å²) >= 11 is 0. The molecule has 1 atom stereocenters. The van der Waals surface area contributed by atoms with Gasteiger partial charge < -0.3 is 9.64 Å². The van der Waals surface area contributed by atoms with Gasteiger partial charge in [0.25, 0.3) is 0 Å². The third-order valence-corrected chi connectivity index (χ3v) is 4.21. The summed E-state index contributed by atoms with van der Waals surface area (Å²) in [5.74, 6) is 0.220. The second-order valence-corrected chi connectivity index (χ2v) is 5.56. The molecule has 3 rings (SSSR count). The highest BCUT2D eigenvalue weighted by Crippen LogP contribution is 2.25. The Hall–Kier alpha value is -1.40. The Kier molecular flexibility index (Phi) is 4.03. The lowest BCUT2D eigenvalue weighted by Gasteiger charge is -2.15. The Morgan fingerprint density at radius 2 is 2.35 bits per heavy atom. The molecular formula is C14H22N4O2. The van der Waals surface area contributed by atoms with E-state index in [2.05, 4.69) is 10.00 Å². The number of hydrogen-bond acceptors (Lipinski definition) is 4. The molecule has 2 aliphatic heterocycles. The van der Waals surface area contributed by atoms with E-state index in [4.69, 9.17) is 4.74 Å². The van der Waals surface area contributed by atoms with Gasteiger partial charge in [-0.3, -0.25) is 14.4 Å². The second-order valence-electron chi connectivity index (χ2n) is 5.56. The van der Waals surface area contributed by atoms with Gasteiger partial charge in [0.1, 0.15) is 0 Å². The largest absolute Gasteiger partial charge is 0.383 e. The number of nitrogens with zero attached hydrogens (tertiary/aromatic N) is 4. The number of hydrogen-bond donors (Lipinski definition) is 0. The normalized spacial score (nSPS) is 23.9. The van der Waals surface area contributed by atoms with Crippen LogP contribution in [0.2, 0.25) is 0 Å². The van der Waals surface area contributed by atoms with E-state index in [1.807, 2.05) is 22.0 Å². The molecule has 0 radical (unpaired) electrons. The number of amides is 1. The van der Waals surface area contributed by atoms with E-state index in [1.165, 1.54) is 0 Å². The van der Waals surface area contributed by atoms with Gasteiger partial charge in [-0.2, -0.15) is 5.10 Å². The van der Waals surface area contributed by atoms with Gasteiger partial charge in [-0.1, -0.05) is 0 Å². The van der Waals surface area contributed by atoms with Gasteiger partial charge in [0.15, 0.2) is 0 Å². The molecule has 2 fully saturated rings.